The minimum absolute atomic E-state index is 0.420. The SMILES string of the molecule is COc1ccc2[nH]c(CN3CCCC(c4n[nH]c(C)n4)C3)c(C)c2c1. The number of methoxy groups -OCH3 is 1. The number of aromatic nitrogens is 4. The molecule has 4 rings (SSSR count). The minimum atomic E-state index is 0.420. The van der Waals surface area contributed by atoms with Crippen LogP contribution in [0.15, 0.2) is 18.2 Å². The molecule has 1 unspecified atom stereocenters. The molecule has 1 aliphatic rings. The second kappa shape index (κ2) is 6.52. The average Bonchev–Trinajstić information content (AvgIpc) is 3.19. The van der Waals surface area contributed by atoms with Crippen molar-refractivity contribution in [1.82, 2.24) is 25.1 Å². The number of nitrogens with one attached hydrogen (secondary N) is 2. The third-order valence-corrected chi connectivity index (χ3v) is 5.24. The number of ether oxygens (including phenoxy) is 1. The van der Waals surface area contributed by atoms with E-state index in [0.717, 1.165) is 43.5 Å². The molecule has 1 fully saturated rings. The van der Waals surface area contributed by atoms with E-state index in [1.807, 2.05) is 13.0 Å². The van der Waals surface area contributed by atoms with Crippen molar-refractivity contribution >= 4 is 10.9 Å². The summed E-state index contributed by atoms with van der Waals surface area (Å²) in [6.45, 7) is 7.21. The summed E-state index contributed by atoms with van der Waals surface area (Å²) < 4.78 is 5.36. The third kappa shape index (κ3) is 3.14. The van der Waals surface area contributed by atoms with Crippen molar-refractivity contribution < 1.29 is 4.74 Å². The zero-order valence-electron chi connectivity index (χ0n) is 15.1. The van der Waals surface area contributed by atoms with E-state index in [-0.39, 0.29) is 0 Å². The summed E-state index contributed by atoms with van der Waals surface area (Å²) >= 11 is 0. The Hall–Kier alpha value is -2.34. The van der Waals surface area contributed by atoms with E-state index >= 15 is 0 Å². The van der Waals surface area contributed by atoms with Crippen molar-refractivity contribution in [3.8, 4) is 5.75 Å². The summed E-state index contributed by atoms with van der Waals surface area (Å²) in [6, 6.07) is 6.21. The average molecular weight is 339 g/mol. The highest BCUT2D eigenvalue weighted by Gasteiger charge is 2.25. The van der Waals surface area contributed by atoms with Gasteiger partial charge in [-0.25, -0.2) is 4.98 Å². The van der Waals surface area contributed by atoms with Crippen LogP contribution in [-0.2, 0) is 6.54 Å². The molecule has 2 aromatic heterocycles. The highest BCUT2D eigenvalue weighted by Crippen LogP contribution is 2.29. The molecule has 1 aromatic carbocycles. The van der Waals surface area contributed by atoms with Crippen LogP contribution in [0, 0.1) is 13.8 Å². The first-order chi connectivity index (χ1) is 12.1. The molecule has 0 aliphatic carbocycles. The Morgan fingerprint density at radius 3 is 2.96 bits per heavy atom. The van der Waals surface area contributed by atoms with E-state index < -0.39 is 0 Å². The van der Waals surface area contributed by atoms with Gasteiger partial charge in [0.2, 0.25) is 0 Å². The molecule has 0 saturated carbocycles. The van der Waals surface area contributed by atoms with Gasteiger partial charge in [-0.2, -0.15) is 5.10 Å². The number of rotatable bonds is 4. The third-order valence-electron chi connectivity index (χ3n) is 5.24. The van der Waals surface area contributed by atoms with Gasteiger partial charge < -0.3 is 9.72 Å². The number of aromatic amines is 2. The number of benzene rings is 1. The summed E-state index contributed by atoms with van der Waals surface area (Å²) in [7, 11) is 1.71. The van der Waals surface area contributed by atoms with Gasteiger partial charge in [0, 0.05) is 35.6 Å². The van der Waals surface area contributed by atoms with E-state index in [9.17, 15) is 0 Å². The molecular weight excluding hydrogens is 314 g/mol. The standard InChI is InChI=1S/C19H25N5O/c1-12-16-9-15(25-3)6-7-17(16)21-18(12)11-24-8-4-5-14(10-24)19-20-13(2)22-23-19/h6-7,9,14,21H,4-5,8,10-11H2,1-3H3,(H,20,22,23). The lowest BCUT2D eigenvalue weighted by molar-refractivity contribution is 0.195. The first-order valence-corrected chi connectivity index (χ1v) is 8.90. The van der Waals surface area contributed by atoms with E-state index in [2.05, 4.69) is 44.1 Å². The maximum absolute atomic E-state index is 5.36. The Kier molecular flexibility index (Phi) is 4.21. The number of likely N-dealkylation sites (tertiary alicyclic amines) is 1. The lowest BCUT2D eigenvalue weighted by Gasteiger charge is -2.31. The summed E-state index contributed by atoms with van der Waals surface area (Å²) in [5.74, 6) is 3.18. The molecule has 2 N–H and O–H groups in total. The maximum atomic E-state index is 5.36. The van der Waals surface area contributed by atoms with Crippen LogP contribution in [0.3, 0.4) is 0 Å². The van der Waals surface area contributed by atoms with Crippen LogP contribution >= 0.6 is 0 Å². The van der Waals surface area contributed by atoms with Crippen molar-refractivity contribution in [2.75, 3.05) is 20.2 Å². The van der Waals surface area contributed by atoms with Gasteiger partial charge in [-0.05, 0) is 57.0 Å². The first kappa shape index (κ1) is 16.1. The summed E-state index contributed by atoms with van der Waals surface area (Å²) in [6.07, 6.45) is 2.35. The normalized spacial score (nSPS) is 18.8. The van der Waals surface area contributed by atoms with Crippen LogP contribution in [0.25, 0.3) is 10.9 Å². The molecule has 3 aromatic rings. The minimum Gasteiger partial charge on any atom is -0.497 e. The van der Waals surface area contributed by atoms with E-state index in [1.165, 1.54) is 28.6 Å². The fourth-order valence-corrected chi connectivity index (χ4v) is 3.82. The molecule has 25 heavy (non-hydrogen) atoms. The Bertz CT molecular complexity index is 881. The van der Waals surface area contributed by atoms with Crippen molar-refractivity contribution in [2.45, 2.75) is 39.2 Å². The lowest BCUT2D eigenvalue weighted by atomic mass is 9.97. The molecule has 0 spiro atoms. The Labute approximate surface area is 147 Å². The van der Waals surface area contributed by atoms with Crippen molar-refractivity contribution in [3.63, 3.8) is 0 Å². The molecule has 6 heteroatoms. The second-order valence-electron chi connectivity index (χ2n) is 6.99. The molecule has 1 atom stereocenters. The fraction of sp³-hybridized carbons (Fsp3) is 0.474. The second-order valence-corrected chi connectivity index (χ2v) is 6.99. The van der Waals surface area contributed by atoms with Crippen LogP contribution in [-0.4, -0.2) is 45.3 Å². The van der Waals surface area contributed by atoms with Crippen LogP contribution in [0.1, 0.15) is 41.7 Å². The number of nitrogens with zero attached hydrogens (tertiary/aromatic N) is 3. The Morgan fingerprint density at radius 1 is 1.32 bits per heavy atom. The summed E-state index contributed by atoms with van der Waals surface area (Å²) in [5, 5.41) is 8.58. The predicted octanol–water partition coefficient (Wildman–Crippen LogP) is 3.29. The highest BCUT2D eigenvalue weighted by atomic mass is 16.5. The van der Waals surface area contributed by atoms with Crippen molar-refractivity contribution in [2.24, 2.45) is 0 Å². The van der Waals surface area contributed by atoms with Crippen LogP contribution in [0.2, 0.25) is 0 Å². The number of piperidine rings is 1. The molecule has 0 amide bonds. The first-order valence-electron chi connectivity index (χ1n) is 8.90. The van der Waals surface area contributed by atoms with Gasteiger partial charge in [0.05, 0.1) is 7.11 Å². The van der Waals surface area contributed by atoms with Gasteiger partial charge in [-0.1, -0.05) is 0 Å². The summed E-state index contributed by atoms with van der Waals surface area (Å²) in [4.78, 5) is 10.6. The van der Waals surface area contributed by atoms with Crippen molar-refractivity contribution in [1.29, 1.82) is 0 Å². The zero-order valence-corrected chi connectivity index (χ0v) is 15.1. The van der Waals surface area contributed by atoms with Crippen molar-refractivity contribution in [3.05, 3.63) is 41.1 Å². The predicted molar refractivity (Wildman–Crippen MR) is 98.0 cm³/mol. The van der Waals surface area contributed by atoms with E-state index in [0.29, 0.717) is 5.92 Å². The fourth-order valence-electron chi connectivity index (χ4n) is 3.82. The molecule has 1 saturated heterocycles. The highest BCUT2D eigenvalue weighted by molar-refractivity contribution is 5.85. The van der Waals surface area contributed by atoms with E-state index in [1.54, 1.807) is 7.11 Å². The maximum Gasteiger partial charge on any atom is 0.155 e. The summed E-state index contributed by atoms with van der Waals surface area (Å²) in [5.41, 5.74) is 3.77. The van der Waals surface area contributed by atoms with Gasteiger partial charge in [0.25, 0.3) is 0 Å². The lowest BCUT2D eigenvalue weighted by Crippen LogP contribution is -2.34. The van der Waals surface area contributed by atoms with Crippen LogP contribution in [0.5, 0.6) is 5.75 Å². The molecule has 1 aliphatic heterocycles. The van der Waals surface area contributed by atoms with Crippen LogP contribution in [0.4, 0.5) is 0 Å². The quantitative estimate of drug-likeness (QED) is 0.765. The smallest absolute Gasteiger partial charge is 0.155 e. The Morgan fingerprint density at radius 2 is 2.20 bits per heavy atom. The zero-order chi connectivity index (χ0) is 17.4. The topological polar surface area (TPSA) is 69.8 Å². The van der Waals surface area contributed by atoms with Gasteiger partial charge >= 0.3 is 0 Å². The van der Waals surface area contributed by atoms with Gasteiger partial charge in [-0.15, -0.1) is 0 Å². The van der Waals surface area contributed by atoms with Crippen LogP contribution < -0.4 is 4.74 Å². The largest absolute Gasteiger partial charge is 0.497 e. The molecule has 6 nitrogen and oxygen atoms in total. The molecule has 3 heterocycles. The monoisotopic (exact) mass is 339 g/mol. The molecular formula is C19H25N5O. The van der Waals surface area contributed by atoms with Gasteiger partial charge in [0.15, 0.2) is 5.82 Å². The molecule has 0 bridgehead atoms. The van der Waals surface area contributed by atoms with Gasteiger partial charge in [-0.3, -0.25) is 10.00 Å². The molecule has 0 radical (unpaired) electrons. The number of aryl methyl sites for hydroxylation is 2. The number of hydrogen-bond donors (Lipinski definition) is 2. The number of hydrogen-bond acceptors (Lipinski definition) is 4. The Balaban J connectivity index is 1.53. The number of H-pyrrole nitrogens is 2. The van der Waals surface area contributed by atoms with Gasteiger partial charge in [0.1, 0.15) is 11.6 Å². The number of fused-ring (bicyclic) bond motifs is 1. The van der Waals surface area contributed by atoms with E-state index in [4.69, 9.17) is 4.74 Å². The molecule has 132 valence electrons.